The Morgan fingerprint density at radius 2 is 2.20 bits per heavy atom. The molecule has 0 bridgehead atoms. The highest BCUT2D eigenvalue weighted by Gasteiger charge is 2.13. The van der Waals surface area contributed by atoms with Crippen molar-refractivity contribution in [3.05, 3.63) is 39.6 Å². The van der Waals surface area contributed by atoms with Crippen LogP contribution in [0, 0.1) is 0 Å². The van der Waals surface area contributed by atoms with E-state index in [0.717, 1.165) is 22.9 Å². The first-order chi connectivity index (χ1) is 9.65. The van der Waals surface area contributed by atoms with Crippen LogP contribution in [0.3, 0.4) is 0 Å². The molecule has 0 saturated heterocycles. The SMILES string of the molecule is CCCc1c(NN)ncnc1Oc1cc(Br)ccc1Cl. The molecule has 1 aromatic carbocycles. The van der Waals surface area contributed by atoms with E-state index in [2.05, 4.69) is 38.2 Å². The third-order valence-electron chi connectivity index (χ3n) is 2.64. The van der Waals surface area contributed by atoms with Crippen molar-refractivity contribution in [2.75, 3.05) is 5.43 Å². The van der Waals surface area contributed by atoms with Gasteiger partial charge in [0, 0.05) is 4.47 Å². The molecule has 0 amide bonds. The molecule has 0 spiro atoms. The van der Waals surface area contributed by atoms with Gasteiger partial charge in [0.2, 0.25) is 5.88 Å². The number of hydrazine groups is 1. The van der Waals surface area contributed by atoms with E-state index >= 15 is 0 Å². The standard InChI is InChI=1S/C13H14BrClN4O/c1-2-3-9-12(19-16)17-7-18-13(9)20-11-6-8(14)4-5-10(11)15/h4-7H,2-3,16H2,1H3,(H,17,18,19). The molecular weight excluding hydrogens is 344 g/mol. The van der Waals surface area contributed by atoms with E-state index in [0.29, 0.717) is 22.5 Å². The molecule has 5 nitrogen and oxygen atoms in total. The van der Waals surface area contributed by atoms with Crippen molar-refractivity contribution >= 4 is 33.3 Å². The quantitative estimate of drug-likeness (QED) is 0.626. The number of anilines is 1. The molecular formula is C13H14BrClN4O. The van der Waals surface area contributed by atoms with Gasteiger partial charge < -0.3 is 10.2 Å². The number of aromatic nitrogens is 2. The van der Waals surface area contributed by atoms with Crippen molar-refractivity contribution in [2.45, 2.75) is 19.8 Å². The van der Waals surface area contributed by atoms with Gasteiger partial charge in [-0.1, -0.05) is 40.9 Å². The van der Waals surface area contributed by atoms with E-state index in [4.69, 9.17) is 22.2 Å². The van der Waals surface area contributed by atoms with Gasteiger partial charge in [-0.2, -0.15) is 0 Å². The summed E-state index contributed by atoms with van der Waals surface area (Å²) in [6.45, 7) is 2.06. The van der Waals surface area contributed by atoms with E-state index in [1.807, 2.05) is 6.07 Å². The fourth-order valence-electron chi connectivity index (χ4n) is 1.74. The predicted octanol–water partition coefficient (Wildman–Crippen LogP) is 3.92. The van der Waals surface area contributed by atoms with E-state index in [9.17, 15) is 0 Å². The van der Waals surface area contributed by atoms with Crippen LogP contribution in [0.15, 0.2) is 29.0 Å². The number of nitrogens with one attached hydrogen (secondary N) is 1. The topological polar surface area (TPSA) is 73.1 Å². The van der Waals surface area contributed by atoms with Crippen LogP contribution in [0.5, 0.6) is 11.6 Å². The fraction of sp³-hybridized carbons (Fsp3) is 0.231. The first kappa shape index (κ1) is 15.0. The van der Waals surface area contributed by atoms with Crippen molar-refractivity contribution in [1.82, 2.24) is 9.97 Å². The summed E-state index contributed by atoms with van der Waals surface area (Å²) in [6.07, 6.45) is 3.07. The molecule has 0 aliphatic rings. The number of rotatable bonds is 5. The molecule has 0 fully saturated rings. The summed E-state index contributed by atoms with van der Waals surface area (Å²) in [6, 6.07) is 5.38. The molecule has 106 valence electrons. The predicted molar refractivity (Wildman–Crippen MR) is 83.1 cm³/mol. The lowest BCUT2D eigenvalue weighted by Gasteiger charge is -2.13. The summed E-state index contributed by atoms with van der Waals surface area (Å²) in [5.41, 5.74) is 3.39. The second kappa shape index (κ2) is 6.88. The lowest BCUT2D eigenvalue weighted by Crippen LogP contribution is -2.12. The summed E-state index contributed by atoms with van der Waals surface area (Å²) in [5, 5.41) is 0.511. The third-order valence-corrected chi connectivity index (χ3v) is 3.45. The maximum atomic E-state index is 6.12. The smallest absolute Gasteiger partial charge is 0.227 e. The van der Waals surface area contributed by atoms with Crippen molar-refractivity contribution in [1.29, 1.82) is 0 Å². The van der Waals surface area contributed by atoms with Crippen LogP contribution >= 0.6 is 27.5 Å². The van der Waals surface area contributed by atoms with E-state index in [-0.39, 0.29) is 0 Å². The van der Waals surface area contributed by atoms with Gasteiger partial charge in [-0.3, -0.25) is 0 Å². The van der Waals surface area contributed by atoms with Gasteiger partial charge in [-0.05, 0) is 24.6 Å². The van der Waals surface area contributed by atoms with Gasteiger partial charge in [0.15, 0.2) is 0 Å². The molecule has 2 rings (SSSR count). The molecule has 1 aromatic heterocycles. The third kappa shape index (κ3) is 3.39. The highest BCUT2D eigenvalue weighted by Crippen LogP contribution is 2.34. The van der Waals surface area contributed by atoms with E-state index in [1.165, 1.54) is 6.33 Å². The molecule has 0 unspecified atom stereocenters. The van der Waals surface area contributed by atoms with Crippen LogP contribution < -0.4 is 16.0 Å². The van der Waals surface area contributed by atoms with Crippen molar-refractivity contribution in [3.63, 3.8) is 0 Å². The molecule has 3 N–H and O–H groups in total. The molecule has 2 aromatic rings. The fourth-order valence-corrected chi connectivity index (χ4v) is 2.24. The maximum Gasteiger partial charge on any atom is 0.227 e. The van der Waals surface area contributed by atoms with Crippen molar-refractivity contribution in [2.24, 2.45) is 5.84 Å². The zero-order valence-corrected chi connectivity index (χ0v) is 13.2. The minimum atomic E-state index is 0.454. The second-order valence-corrected chi connectivity index (χ2v) is 5.40. The summed E-state index contributed by atoms with van der Waals surface area (Å²) in [5.74, 6) is 7.01. The number of halogens is 2. The molecule has 7 heteroatoms. The molecule has 0 radical (unpaired) electrons. The van der Waals surface area contributed by atoms with Gasteiger partial charge in [-0.25, -0.2) is 15.8 Å². The zero-order chi connectivity index (χ0) is 14.5. The number of nitrogens with two attached hydrogens (primary N) is 1. The van der Waals surface area contributed by atoms with Gasteiger partial charge >= 0.3 is 0 Å². The Hall–Kier alpha value is -1.37. The Kier molecular flexibility index (Phi) is 5.17. The van der Waals surface area contributed by atoms with Gasteiger partial charge in [0.1, 0.15) is 17.9 Å². The van der Waals surface area contributed by atoms with E-state index in [1.54, 1.807) is 12.1 Å². The number of nitrogen functional groups attached to an aromatic ring is 1. The number of hydrogen-bond acceptors (Lipinski definition) is 5. The van der Waals surface area contributed by atoms with Crippen LogP contribution in [0.2, 0.25) is 5.02 Å². The second-order valence-electron chi connectivity index (χ2n) is 4.08. The first-order valence-corrected chi connectivity index (χ1v) is 7.26. The Bertz CT molecular complexity index is 609. The highest BCUT2D eigenvalue weighted by atomic mass is 79.9. The van der Waals surface area contributed by atoms with Crippen LogP contribution in [-0.4, -0.2) is 9.97 Å². The normalized spacial score (nSPS) is 10.4. The van der Waals surface area contributed by atoms with Crippen LogP contribution in [0.1, 0.15) is 18.9 Å². The first-order valence-electron chi connectivity index (χ1n) is 6.09. The number of hydrogen-bond donors (Lipinski definition) is 2. The highest BCUT2D eigenvalue weighted by molar-refractivity contribution is 9.10. The van der Waals surface area contributed by atoms with Gasteiger partial charge in [0.05, 0.1) is 10.6 Å². The zero-order valence-electron chi connectivity index (χ0n) is 10.9. The number of nitrogens with zero attached hydrogens (tertiary/aromatic N) is 2. The molecule has 20 heavy (non-hydrogen) atoms. The molecule has 0 aliphatic heterocycles. The Morgan fingerprint density at radius 1 is 1.40 bits per heavy atom. The molecule has 0 aliphatic carbocycles. The summed E-state index contributed by atoms with van der Waals surface area (Å²) < 4.78 is 6.68. The molecule has 0 atom stereocenters. The number of ether oxygens (including phenoxy) is 1. The minimum absolute atomic E-state index is 0.454. The van der Waals surface area contributed by atoms with Crippen LogP contribution in [-0.2, 0) is 6.42 Å². The average molecular weight is 358 g/mol. The summed E-state index contributed by atoms with van der Waals surface area (Å²) in [7, 11) is 0. The molecule has 0 saturated carbocycles. The maximum absolute atomic E-state index is 6.12. The lowest BCUT2D eigenvalue weighted by molar-refractivity contribution is 0.454. The average Bonchev–Trinajstić information content (AvgIpc) is 2.45. The summed E-state index contributed by atoms with van der Waals surface area (Å²) >= 11 is 9.50. The monoisotopic (exact) mass is 356 g/mol. The van der Waals surface area contributed by atoms with Crippen molar-refractivity contribution < 1.29 is 4.74 Å². The minimum Gasteiger partial charge on any atom is -0.437 e. The lowest BCUT2D eigenvalue weighted by atomic mass is 10.2. The van der Waals surface area contributed by atoms with E-state index < -0.39 is 0 Å². The van der Waals surface area contributed by atoms with Gasteiger partial charge in [0.25, 0.3) is 0 Å². The summed E-state index contributed by atoms with van der Waals surface area (Å²) in [4.78, 5) is 8.26. The largest absolute Gasteiger partial charge is 0.437 e. The number of benzene rings is 1. The van der Waals surface area contributed by atoms with Crippen molar-refractivity contribution in [3.8, 4) is 11.6 Å². The molecule has 1 heterocycles. The van der Waals surface area contributed by atoms with Crippen LogP contribution in [0.25, 0.3) is 0 Å². The Labute approximate surface area is 130 Å². The Morgan fingerprint density at radius 3 is 2.90 bits per heavy atom. The Balaban J connectivity index is 2.39. The van der Waals surface area contributed by atoms with Crippen LogP contribution in [0.4, 0.5) is 5.82 Å². The van der Waals surface area contributed by atoms with Gasteiger partial charge in [-0.15, -0.1) is 0 Å².